The van der Waals surface area contributed by atoms with Gasteiger partial charge in [0.1, 0.15) is 11.2 Å². The van der Waals surface area contributed by atoms with E-state index in [0.29, 0.717) is 0 Å². The Morgan fingerprint density at radius 3 is 1.97 bits per heavy atom. The second-order valence-electron chi connectivity index (χ2n) is 10.2. The van der Waals surface area contributed by atoms with Crippen LogP contribution in [0, 0.1) is 0 Å². The van der Waals surface area contributed by atoms with E-state index in [2.05, 4.69) is 126 Å². The molecule has 1 N–H and O–H groups in total. The molecule has 0 fully saturated rings. The van der Waals surface area contributed by atoms with E-state index in [9.17, 15) is 0 Å². The summed E-state index contributed by atoms with van der Waals surface area (Å²) in [6, 6.07) is 43.5. The largest absolute Gasteiger partial charge is 0.456 e. The van der Waals surface area contributed by atoms with Gasteiger partial charge in [0.05, 0.1) is 11.0 Å². The van der Waals surface area contributed by atoms with Crippen molar-refractivity contribution in [3.63, 3.8) is 0 Å². The summed E-state index contributed by atoms with van der Waals surface area (Å²) < 4.78 is 6.28. The number of rotatable bonds is 1. The highest BCUT2D eigenvalue weighted by Gasteiger charge is 2.17. The highest BCUT2D eigenvalue weighted by molar-refractivity contribution is 6.32. The summed E-state index contributed by atoms with van der Waals surface area (Å²) in [5.41, 5.74) is 6.59. The zero-order valence-electron chi connectivity index (χ0n) is 20.5. The molecule has 0 amide bonds. The van der Waals surface area contributed by atoms with Crippen LogP contribution in [0.15, 0.2) is 126 Å². The molecule has 0 bridgehead atoms. The van der Waals surface area contributed by atoms with Crippen LogP contribution in [0.4, 0.5) is 0 Å². The minimum Gasteiger partial charge on any atom is -0.456 e. The van der Waals surface area contributed by atoms with Gasteiger partial charge in [-0.2, -0.15) is 0 Å². The van der Waals surface area contributed by atoms with Gasteiger partial charge in [0.15, 0.2) is 0 Å². The summed E-state index contributed by atoms with van der Waals surface area (Å²) in [5, 5.41) is 12.4. The first kappa shape index (κ1) is 20.0. The first-order chi connectivity index (χ1) is 18.8. The molecule has 2 nitrogen and oxygen atoms in total. The number of hydrogen-bond donors (Lipinski definition) is 1. The molecule has 9 aromatic rings. The van der Waals surface area contributed by atoms with E-state index >= 15 is 0 Å². The van der Waals surface area contributed by atoms with E-state index < -0.39 is 0 Å². The summed E-state index contributed by atoms with van der Waals surface area (Å²) >= 11 is 0. The Hall–Kier alpha value is -5.08. The fraction of sp³-hybridized carbons (Fsp3) is 0. The molecule has 2 aromatic heterocycles. The van der Waals surface area contributed by atoms with E-state index in [0.717, 1.165) is 16.6 Å². The van der Waals surface area contributed by atoms with Crippen LogP contribution in [0.5, 0.6) is 0 Å². The normalized spacial score (nSPS) is 12.2. The molecule has 0 atom stereocenters. The molecule has 0 saturated heterocycles. The number of para-hydroxylation sites is 1. The molecule has 38 heavy (non-hydrogen) atoms. The van der Waals surface area contributed by atoms with Crippen molar-refractivity contribution < 1.29 is 4.42 Å². The van der Waals surface area contributed by atoms with Crippen molar-refractivity contribution in [1.29, 1.82) is 0 Å². The number of aromatic amines is 1. The summed E-state index contributed by atoms with van der Waals surface area (Å²) in [6.07, 6.45) is 0. The molecular weight excluding hydrogens is 462 g/mol. The first-order valence-corrected chi connectivity index (χ1v) is 13.0. The lowest BCUT2D eigenvalue weighted by Gasteiger charge is -2.07. The predicted octanol–water partition coefficient (Wildman–Crippen LogP) is 10.3. The lowest BCUT2D eigenvalue weighted by atomic mass is 9.95. The quantitative estimate of drug-likeness (QED) is 0.231. The molecule has 7 aromatic carbocycles. The second-order valence-corrected chi connectivity index (χ2v) is 10.2. The van der Waals surface area contributed by atoms with Gasteiger partial charge in [-0.25, -0.2) is 0 Å². The van der Waals surface area contributed by atoms with E-state index in [1.54, 1.807) is 0 Å². The van der Waals surface area contributed by atoms with Gasteiger partial charge in [0.25, 0.3) is 0 Å². The van der Waals surface area contributed by atoms with Crippen LogP contribution in [0.3, 0.4) is 0 Å². The second kappa shape index (κ2) is 7.24. The highest BCUT2D eigenvalue weighted by atomic mass is 16.3. The number of benzene rings is 7. The van der Waals surface area contributed by atoms with Gasteiger partial charge in [-0.05, 0) is 50.7 Å². The van der Waals surface area contributed by atoms with Crippen molar-refractivity contribution in [1.82, 2.24) is 4.98 Å². The third-order valence-corrected chi connectivity index (χ3v) is 8.19. The Morgan fingerprint density at radius 1 is 0.421 bits per heavy atom. The number of aromatic nitrogens is 1. The van der Waals surface area contributed by atoms with E-state index in [-0.39, 0.29) is 0 Å². The molecule has 0 radical (unpaired) electrons. The third-order valence-electron chi connectivity index (χ3n) is 8.19. The van der Waals surface area contributed by atoms with Gasteiger partial charge in [-0.15, -0.1) is 0 Å². The van der Waals surface area contributed by atoms with Crippen molar-refractivity contribution in [2.24, 2.45) is 0 Å². The molecular formula is C36H21NO. The van der Waals surface area contributed by atoms with Crippen molar-refractivity contribution in [3.8, 4) is 11.1 Å². The maximum Gasteiger partial charge on any atom is 0.136 e. The summed E-state index contributed by atoms with van der Waals surface area (Å²) in [4.78, 5) is 3.87. The number of furan rings is 1. The smallest absolute Gasteiger partial charge is 0.136 e. The standard InChI is InChI=1S/C36H21NO/c1-2-9-23-21(8-1)16-19-32-33(23)30-20-22(17-18-31(30)38-32)24-14-7-15-29-34-27-12-5-3-10-25(27)26-11-4-6-13-28(26)36(34)37-35(24)29/h1-20,37H. The molecule has 0 aliphatic rings. The summed E-state index contributed by atoms with van der Waals surface area (Å²) in [5.74, 6) is 0. The van der Waals surface area contributed by atoms with Gasteiger partial charge in [0, 0.05) is 32.5 Å². The van der Waals surface area contributed by atoms with E-state index in [1.165, 1.54) is 70.6 Å². The molecule has 0 unspecified atom stereocenters. The van der Waals surface area contributed by atoms with Gasteiger partial charge in [0.2, 0.25) is 0 Å². The van der Waals surface area contributed by atoms with Crippen molar-refractivity contribution in [2.75, 3.05) is 0 Å². The van der Waals surface area contributed by atoms with Crippen LogP contribution < -0.4 is 0 Å². The third kappa shape index (κ3) is 2.56. The molecule has 9 rings (SSSR count). The monoisotopic (exact) mass is 483 g/mol. The number of hydrogen-bond acceptors (Lipinski definition) is 1. The fourth-order valence-corrected chi connectivity index (χ4v) is 6.53. The van der Waals surface area contributed by atoms with Gasteiger partial charge >= 0.3 is 0 Å². The number of nitrogens with one attached hydrogen (secondary N) is 1. The van der Waals surface area contributed by atoms with Gasteiger partial charge in [-0.1, -0.05) is 103 Å². The average molecular weight is 484 g/mol. The van der Waals surface area contributed by atoms with E-state index in [4.69, 9.17) is 4.42 Å². The molecule has 0 spiro atoms. The Kier molecular flexibility index (Phi) is 3.82. The van der Waals surface area contributed by atoms with Crippen LogP contribution >= 0.6 is 0 Å². The Bertz CT molecular complexity index is 2400. The van der Waals surface area contributed by atoms with Crippen LogP contribution in [-0.2, 0) is 0 Å². The molecule has 2 heterocycles. The number of H-pyrrole nitrogens is 1. The van der Waals surface area contributed by atoms with Crippen molar-refractivity contribution >= 4 is 76.1 Å². The molecule has 0 saturated carbocycles. The fourth-order valence-electron chi connectivity index (χ4n) is 6.53. The Labute approximate surface area is 217 Å². The highest BCUT2D eigenvalue weighted by Crippen LogP contribution is 2.42. The minimum absolute atomic E-state index is 0.918. The topological polar surface area (TPSA) is 28.9 Å². The first-order valence-electron chi connectivity index (χ1n) is 13.0. The zero-order chi connectivity index (χ0) is 24.8. The molecule has 0 aliphatic carbocycles. The van der Waals surface area contributed by atoms with Crippen molar-refractivity contribution in [2.45, 2.75) is 0 Å². The van der Waals surface area contributed by atoms with Gasteiger partial charge < -0.3 is 9.40 Å². The van der Waals surface area contributed by atoms with E-state index in [1.807, 2.05) is 0 Å². The maximum absolute atomic E-state index is 6.28. The van der Waals surface area contributed by atoms with Crippen LogP contribution in [-0.4, -0.2) is 4.98 Å². The molecule has 176 valence electrons. The number of fused-ring (bicyclic) bond motifs is 13. The SMILES string of the molecule is c1ccc2c(c1)ccc1oc3ccc(-c4cccc5c4[nH]c4c6ccccc6c6ccccc6c54)cc3c12. The van der Waals surface area contributed by atoms with Crippen LogP contribution in [0.1, 0.15) is 0 Å². The van der Waals surface area contributed by atoms with Crippen molar-refractivity contribution in [3.05, 3.63) is 121 Å². The average Bonchev–Trinajstić information content (AvgIpc) is 3.56. The summed E-state index contributed by atoms with van der Waals surface area (Å²) in [6.45, 7) is 0. The summed E-state index contributed by atoms with van der Waals surface area (Å²) in [7, 11) is 0. The maximum atomic E-state index is 6.28. The zero-order valence-corrected chi connectivity index (χ0v) is 20.5. The lowest BCUT2D eigenvalue weighted by molar-refractivity contribution is 0.669. The lowest BCUT2D eigenvalue weighted by Crippen LogP contribution is -1.81. The Morgan fingerprint density at radius 2 is 1.11 bits per heavy atom. The van der Waals surface area contributed by atoms with Crippen LogP contribution in [0.2, 0.25) is 0 Å². The Balaban J connectivity index is 1.40. The molecule has 2 heteroatoms. The molecule has 0 aliphatic heterocycles. The predicted molar refractivity (Wildman–Crippen MR) is 161 cm³/mol. The van der Waals surface area contributed by atoms with Gasteiger partial charge in [-0.3, -0.25) is 0 Å². The minimum atomic E-state index is 0.918. The van der Waals surface area contributed by atoms with Crippen LogP contribution in [0.25, 0.3) is 87.2 Å².